The van der Waals surface area contributed by atoms with E-state index in [1.807, 2.05) is 0 Å². The van der Waals surface area contributed by atoms with Crippen LogP contribution >= 0.6 is 0 Å². The molecule has 82 valence electrons. The second-order valence-corrected chi connectivity index (χ2v) is 3.71. The summed E-state index contributed by atoms with van der Waals surface area (Å²) in [4.78, 5) is 0. The van der Waals surface area contributed by atoms with Crippen LogP contribution in [0.3, 0.4) is 0 Å². The zero-order valence-corrected chi connectivity index (χ0v) is 11.6. The van der Waals surface area contributed by atoms with Gasteiger partial charge in [-0.05, 0) is 5.56 Å². The van der Waals surface area contributed by atoms with Crippen LogP contribution in [0, 0.1) is 0 Å². The first-order valence-electron chi connectivity index (χ1n) is 4.48. The molecule has 1 aliphatic rings. The normalized spacial score (nSPS) is 27.1. The smallest absolute Gasteiger partial charge is 0.449 e. The zero-order valence-electron chi connectivity index (χ0n) is 8.51. The molecule has 2 rings (SSSR count). The Morgan fingerprint density at radius 3 is 1.88 bits per heavy atom. The second-order valence-electron chi connectivity index (χ2n) is 3.71. The standard InChI is InChI=1S/C9H7BF5.K/c11-9(12)7(8(9)10(13,14)15)6-4-2-1-3-5-6;/h1-5,7-8H;/q-1;+1/t7-,8-;/m1./s1. The molecule has 2 atom stereocenters. The molecule has 0 bridgehead atoms. The number of benzene rings is 1. The van der Waals surface area contributed by atoms with E-state index in [4.69, 9.17) is 0 Å². The molecule has 1 aromatic rings. The average molecular weight is 260 g/mol. The molecule has 1 aliphatic carbocycles. The molecule has 0 aromatic heterocycles. The van der Waals surface area contributed by atoms with E-state index < -0.39 is 24.6 Å². The van der Waals surface area contributed by atoms with Crippen molar-refractivity contribution in [2.75, 3.05) is 0 Å². The first-order valence-corrected chi connectivity index (χ1v) is 4.48. The molecule has 0 N–H and O–H groups in total. The third-order valence-corrected chi connectivity index (χ3v) is 2.67. The molecule has 1 saturated carbocycles. The predicted molar refractivity (Wildman–Crippen MR) is 47.0 cm³/mol. The van der Waals surface area contributed by atoms with Crippen molar-refractivity contribution in [3.05, 3.63) is 35.9 Å². The first kappa shape index (κ1) is 14.6. The summed E-state index contributed by atoms with van der Waals surface area (Å²) in [5, 5.41) is 0. The van der Waals surface area contributed by atoms with E-state index in [-0.39, 0.29) is 56.9 Å². The van der Waals surface area contributed by atoms with Crippen molar-refractivity contribution in [1.82, 2.24) is 0 Å². The van der Waals surface area contributed by atoms with Crippen LogP contribution in [0.5, 0.6) is 0 Å². The number of hydrogen-bond acceptors (Lipinski definition) is 0. The summed E-state index contributed by atoms with van der Waals surface area (Å²) in [5.74, 6) is -7.77. The third-order valence-electron chi connectivity index (χ3n) is 2.67. The topological polar surface area (TPSA) is 0 Å². The molecule has 0 heterocycles. The maximum atomic E-state index is 12.9. The van der Waals surface area contributed by atoms with Crippen molar-refractivity contribution in [3.63, 3.8) is 0 Å². The van der Waals surface area contributed by atoms with Crippen molar-refractivity contribution in [3.8, 4) is 0 Å². The molecular weight excluding hydrogens is 253 g/mol. The Labute approximate surface area is 132 Å². The molecule has 0 radical (unpaired) electrons. The predicted octanol–water partition coefficient (Wildman–Crippen LogP) is 0.641. The van der Waals surface area contributed by atoms with Gasteiger partial charge in [0.05, 0.1) is 0 Å². The van der Waals surface area contributed by atoms with E-state index in [9.17, 15) is 21.7 Å². The summed E-state index contributed by atoms with van der Waals surface area (Å²) < 4.78 is 62.6. The van der Waals surface area contributed by atoms with E-state index >= 15 is 0 Å². The van der Waals surface area contributed by atoms with Gasteiger partial charge >= 0.3 is 58.4 Å². The monoisotopic (exact) mass is 260 g/mol. The zero-order chi connectivity index (χ0) is 11.3. The fourth-order valence-electron chi connectivity index (χ4n) is 1.91. The maximum absolute atomic E-state index is 12.9. The van der Waals surface area contributed by atoms with Gasteiger partial charge in [-0.1, -0.05) is 30.3 Å². The van der Waals surface area contributed by atoms with Gasteiger partial charge in [0.15, 0.2) is 0 Å². The number of alkyl halides is 2. The summed E-state index contributed by atoms with van der Waals surface area (Å²) in [6.07, 6.45) is 0. The van der Waals surface area contributed by atoms with Crippen LogP contribution < -0.4 is 51.4 Å². The van der Waals surface area contributed by atoms with Crippen LogP contribution in [0.15, 0.2) is 30.3 Å². The van der Waals surface area contributed by atoms with E-state index in [0.29, 0.717) is 0 Å². The number of halogens is 5. The molecule has 7 heteroatoms. The summed E-state index contributed by atoms with van der Waals surface area (Å²) in [7, 11) is 0. The van der Waals surface area contributed by atoms with Crippen LogP contribution in [0.4, 0.5) is 21.7 Å². The van der Waals surface area contributed by atoms with Gasteiger partial charge < -0.3 is 12.9 Å². The molecule has 0 aliphatic heterocycles. The number of rotatable bonds is 2. The van der Waals surface area contributed by atoms with E-state index in [1.165, 1.54) is 24.3 Å². The molecule has 0 amide bonds. The van der Waals surface area contributed by atoms with Crippen LogP contribution in [0.2, 0.25) is 5.82 Å². The third kappa shape index (κ3) is 2.53. The van der Waals surface area contributed by atoms with Crippen LogP contribution in [-0.2, 0) is 0 Å². The Kier molecular flexibility index (Phi) is 4.28. The van der Waals surface area contributed by atoms with Crippen molar-refractivity contribution >= 4 is 6.98 Å². The molecular formula is C9H7BF5K. The van der Waals surface area contributed by atoms with Gasteiger partial charge in [0.25, 0.3) is 0 Å². The quantitative estimate of drug-likeness (QED) is 0.540. The minimum Gasteiger partial charge on any atom is -0.449 e. The van der Waals surface area contributed by atoms with E-state index in [0.717, 1.165) is 0 Å². The van der Waals surface area contributed by atoms with Crippen LogP contribution in [0.25, 0.3) is 0 Å². The molecule has 0 saturated heterocycles. The van der Waals surface area contributed by atoms with Gasteiger partial charge in [0.1, 0.15) is 0 Å². The van der Waals surface area contributed by atoms with Gasteiger partial charge in [-0.3, -0.25) is 0 Å². The maximum Gasteiger partial charge on any atom is 1.00 e. The van der Waals surface area contributed by atoms with Crippen LogP contribution in [-0.4, -0.2) is 12.9 Å². The summed E-state index contributed by atoms with van der Waals surface area (Å²) in [6.45, 7) is -5.47. The second kappa shape index (κ2) is 4.68. The van der Waals surface area contributed by atoms with E-state index in [2.05, 4.69) is 0 Å². The summed E-state index contributed by atoms with van der Waals surface area (Å²) >= 11 is 0. The summed E-state index contributed by atoms with van der Waals surface area (Å²) in [6, 6.07) is 7.12. The van der Waals surface area contributed by atoms with Gasteiger partial charge in [0.2, 0.25) is 5.92 Å². The average Bonchev–Trinajstić information content (AvgIpc) is 2.70. The molecule has 0 unspecified atom stereocenters. The Morgan fingerprint density at radius 1 is 1.00 bits per heavy atom. The number of hydrogen-bond donors (Lipinski definition) is 0. The Hall–Kier alpha value is 0.571. The van der Waals surface area contributed by atoms with Crippen LogP contribution in [0.1, 0.15) is 11.5 Å². The minimum absolute atomic E-state index is 0. The fourth-order valence-corrected chi connectivity index (χ4v) is 1.91. The largest absolute Gasteiger partial charge is 1.00 e. The first-order chi connectivity index (χ1) is 6.85. The van der Waals surface area contributed by atoms with Gasteiger partial charge in [-0.15, -0.1) is 0 Å². The molecule has 16 heavy (non-hydrogen) atoms. The molecule has 0 spiro atoms. The Balaban J connectivity index is 0.00000128. The van der Waals surface area contributed by atoms with Gasteiger partial charge in [-0.25, -0.2) is 8.78 Å². The Bertz CT molecular complexity index is 364. The van der Waals surface area contributed by atoms with Gasteiger partial charge in [0, 0.05) is 11.7 Å². The molecule has 1 aromatic carbocycles. The SMILES string of the molecule is F[B-](F)(F)[C@@H]1[C@@H](c2ccccc2)C1(F)F.[K+]. The van der Waals surface area contributed by atoms with E-state index in [1.54, 1.807) is 6.07 Å². The van der Waals surface area contributed by atoms with Crippen molar-refractivity contribution in [2.45, 2.75) is 17.7 Å². The molecule has 1 fully saturated rings. The fraction of sp³-hybridized carbons (Fsp3) is 0.333. The van der Waals surface area contributed by atoms with Crippen molar-refractivity contribution < 1.29 is 73.1 Å². The Morgan fingerprint density at radius 2 is 1.50 bits per heavy atom. The van der Waals surface area contributed by atoms with Crippen molar-refractivity contribution in [1.29, 1.82) is 0 Å². The van der Waals surface area contributed by atoms with Crippen molar-refractivity contribution in [2.24, 2.45) is 0 Å². The molecule has 0 nitrogen and oxygen atoms in total. The summed E-state index contributed by atoms with van der Waals surface area (Å²) in [5.41, 5.74) is 0.0618. The van der Waals surface area contributed by atoms with Gasteiger partial charge in [-0.2, -0.15) is 0 Å². The minimum atomic E-state index is -5.47.